The molecule has 2 aliphatic rings. The van der Waals surface area contributed by atoms with Gasteiger partial charge in [-0.2, -0.15) is 0 Å². The lowest BCUT2D eigenvalue weighted by atomic mass is 9.77. The second kappa shape index (κ2) is 5.46. The molecule has 1 aliphatic heterocycles. The molecular formula is C17H23BFNO4. The van der Waals surface area contributed by atoms with Crippen LogP contribution in [0.25, 0.3) is 0 Å². The van der Waals surface area contributed by atoms with E-state index in [1.54, 1.807) is 0 Å². The first-order chi connectivity index (χ1) is 11.0. The second-order valence-corrected chi connectivity index (χ2v) is 7.75. The van der Waals surface area contributed by atoms with E-state index in [0.29, 0.717) is 5.46 Å². The van der Waals surface area contributed by atoms with Gasteiger partial charge in [0.25, 0.3) is 0 Å². The molecule has 0 aromatic heterocycles. The molecule has 1 aromatic carbocycles. The van der Waals surface area contributed by atoms with Crippen molar-refractivity contribution in [1.29, 1.82) is 0 Å². The van der Waals surface area contributed by atoms with Crippen molar-refractivity contribution in [3.8, 4) is 0 Å². The molecule has 1 amide bonds. The Morgan fingerprint density at radius 3 is 2.29 bits per heavy atom. The lowest BCUT2D eigenvalue weighted by molar-refractivity contribution is 0.00578. The molecule has 3 rings (SSSR count). The van der Waals surface area contributed by atoms with Crippen LogP contribution in [0.2, 0.25) is 0 Å². The van der Waals surface area contributed by atoms with Gasteiger partial charge in [-0.15, -0.1) is 0 Å². The van der Waals surface area contributed by atoms with Crippen molar-refractivity contribution in [2.45, 2.75) is 57.2 Å². The summed E-state index contributed by atoms with van der Waals surface area (Å²) in [5, 5.41) is 0. The Morgan fingerprint density at radius 2 is 1.79 bits per heavy atom. The molecule has 1 saturated carbocycles. The van der Waals surface area contributed by atoms with Crippen molar-refractivity contribution in [2.75, 3.05) is 6.61 Å². The van der Waals surface area contributed by atoms with Crippen LogP contribution in [-0.2, 0) is 19.5 Å². The van der Waals surface area contributed by atoms with Gasteiger partial charge >= 0.3 is 13.2 Å². The lowest BCUT2D eigenvalue weighted by Gasteiger charge is -2.32. The summed E-state index contributed by atoms with van der Waals surface area (Å²) in [4.78, 5) is 10.9. The van der Waals surface area contributed by atoms with Gasteiger partial charge in [0.05, 0.1) is 11.2 Å². The zero-order valence-corrected chi connectivity index (χ0v) is 14.5. The number of ether oxygens (including phenoxy) is 1. The maximum Gasteiger partial charge on any atom is 0.494 e. The number of carbonyl (C=O) groups is 1. The summed E-state index contributed by atoms with van der Waals surface area (Å²) < 4.78 is 31.1. The Hall–Kier alpha value is -1.60. The maximum atomic E-state index is 14.2. The zero-order valence-electron chi connectivity index (χ0n) is 14.5. The highest BCUT2D eigenvalue weighted by Gasteiger charge is 2.52. The highest BCUT2D eigenvalue weighted by molar-refractivity contribution is 6.62. The standard InChI is InChI=1S/C17H23BFNO4/c1-15(2)16(3,4)24-18(23-15)12-7-11(8-13(19)9-12)17(5-6-17)10-22-14(20)21/h7-9H,5-6,10H2,1-4H3,(H2,20,21). The predicted octanol–water partition coefficient (Wildman–Crippen LogP) is 2.25. The van der Waals surface area contributed by atoms with Gasteiger partial charge in [0.15, 0.2) is 0 Å². The van der Waals surface area contributed by atoms with E-state index in [9.17, 15) is 9.18 Å². The van der Waals surface area contributed by atoms with E-state index in [2.05, 4.69) is 0 Å². The third-order valence-electron chi connectivity index (χ3n) is 5.40. The van der Waals surface area contributed by atoms with Crippen LogP contribution in [0.5, 0.6) is 0 Å². The van der Waals surface area contributed by atoms with Gasteiger partial charge in [-0.05, 0) is 63.7 Å². The summed E-state index contributed by atoms with van der Waals surface area (Å²) in [6.45, 7) is 7.98. The molecule has 1 heterocycles. The number of halogens is 1. The van der Waals surface area contributed by atoms with Crippen molar-refractivity contribution < 1.29 is 23.2 Å². The van der Waals surface area contributed by atoms with E-state index in [4.69, 9.17) is 19.8 Å². The Morgan fingerprint density at radius 1 is 1.21 bits per heavy atom. The van der Waals surface area contributed by atoms with Crippen LogP contribution in [0.3, 0.4) is 0 Å². The molecule has 0 atom stereocenters. The van der Waals surface area contributed by atoms with Crippen molar-refractivity contribution in [2.24, 2.45) is 5.73 Å². The number of carbonyl (C=O) groups excluding carboxylic acids is 1. The fraction of sp³-hybridized carbons (Fsp3) is 0.588. The largest absolute Gasteiger partial charge is 0.494 e. The number of rotatable bonds is 4. The minimum absolute atomic E-state index is 0.161. The van der Waals surface area contributed by atoms with Crippen molar-refractivity contribution in [3.63, 3.8) is 0 Å². The van der Waals surface area contributed by atoms with Crippen molar-refractivity contribution >= 4 is 18.7 Å². The topological polar surface area (TPSA) is 70.8 Å². The first-order valence-electron chi connectivity index (χ1n) is 8.14. The third kappa shape index (κ3) is 3.02. The normalized spacial score (nSPS) is 23.1. The molecule has 2 N–H and O–H groups in total. The molecule has 0 spiro atoms. The summed E-state index contributed by atoms with van der Waals surface area (Å²) in [6, 6.07) is 4.78. The zero-order chi connectivity index (χ0) is 17.8. The van der Waals surface area contributed by atoms with E-state index in [1.165, 1.54) is 12.1 Å². The van der Waals surface area contributed by atoms with Crippen LogP contribution < -0.4 is 11.2 Å². The average Bonchev–Trinajstić information content (AvgIpc) is 3.20. The van der Waals surface area contributed by atoms with E-state index in [1.807, 2.05) is 33.8 Å². The average molecular weight is 335 g/mol. The van der Waals surface area contributed by atoms with Crippen LogP contribution >= 0.6 is 0 Å². The number of hydrogen-bond donors (Lipinski definition) is 1. The van der Waals surface area contributed by atoms with Gasteiger partial charge in [-0.25, -0.2) is 9.18 Å². The van der Waals surface area contributed by atoms with E-state index >= 15 is 0 Å². The molecule has 24 heavy (non-hydrogen) atoms. The summed E-state index contributed by atoms with van der Waals surface area (Å²) >= 11 is 0. The second-order valence-electron chi connectivity index (χ2n) is 7.75. The molecular weight excluding hydrogens is 312 g/mol. The first kappa shape index (κ1) is 17.2. The molecule has 1 aliphatic carbocycles. The van der Waals surface area contributed by atoms with Crippen LogP contribution in [-0.4, -0.2) is 31.0 Å². The molecule has 5 nitrogen and oxygen atoms in total. The summed E-state index contributed by atoms with van der Waals surface area (Å²) in [6.07, 6.45) is 0.836. The number of benzene rings is 1. The summed E-state index contributed by atoms with van der Waals surface area (Å²) in [5.41, 5.74) is 5.14. The van der Waals surface area contributed by atoms with Gasteiger partial charge in [0, 0.05) is 5.41 Å². The maximum absolute atomic E-state index is 14.2. The predicted molar refractivity (Wildman–Crippen MR) is 88.6 cm³/mol. The highest BCUT2D eigenvalue weighted by Crippen LogP contribution is 2.48. The highest BCUT2D eigenvalue weighted by atomic mass is 19.1. The fourth-order valence-corrected chi connectivity index (χ4v) is 2.91. The molecule has 2 fully saturated rings. The van der Waals surface area contributed by atoms with Crippen LogP contribution in [0.15, 0.2) is 18.2 Å². The molecule has 0 radical (unpaired) electrons. The minimum atomic E-state index is -0.816. The van der Waals surface area contributed by atoms with Crippen molar-refractivity contribution in [3.05, 3.63) is 29.6 Å². The Kier molecular flexibility index (Phi) is 3.92. The van der Waals surface area contributed by atoms with E-state index in [0.717, 1.165) is 18.4 Å². The fourth-order valence-electron chi connectivity index (χ4n) is 2.91. The van der Waals surface area contributed by atoms with Gasteiger partial charge in [0.2, 0.25) is 0 Å². The molecule has 0 bridgehead atoms. The monoisotopic (exact) mass is 335 g/mol. The molecule has 130 valence electrons. The van der Waals surface area contributed by atoms with Crippen LogP contribution in [0, 0.1) is 5.82 Å². The Bertz CT molecular complexity index is 657. The summed E-state index contributed by atoms with van der Waals surface area (Å²) in [5.74, 6) is -0.359. The number of hydrogen-bond acceptors (Lipinski definition) is 4. The number of amides is 1. The Labute approximate surface area is 141 Å². The van der Waals surface area contributed by atoms with E-state index < -0.39 is 24.4 Å². The molecule has 1 aromatic rings. The quantitative estimate of drug-likeness (QED) is 0.857. The van der Waals surface area contributed by atoms with Crippen molar-refractivity contribution in [1.82, 2.24) is 0 Å². The van der Waals surface area contributed by atoms with Gasteiger partial charge in [-0.1, -0.05) is 6.07 Å². The van der Waals surface area contributed by atoms with Gasteiger partial charge in [-0.3, -0.25) is 0 Å². The Balaban J connectivity index is 1.87. The van der Waals surface area contributed by atoms with Gasteiger partial charge in [0.1, 0.15) is 12.4 Å². The third-order valence-corrected chi connectivity index (χ3v) is 5.40. The van der Waals surface area contributed by atoms with Crippen LogP contribution in [0.4, 0.5) is 9.18 Å². The molecule has 7 heteroatoms. The summed E-state index contributed by atoms with van der Waals surface area (Å²) in [7, 11) is -0.627. The number of nitrogens with two attached hydrogens (primary N) is 1. The minimum Gasteiger partial charge on any atom is -0.449 e. The lowest BCUT2D eigenvalue weighted by Crippen LogP contribution is -2.41. The number of primary amides is 1. The van der Waals surface area contributed by atoms with Crippen LogP contribution in [0.1, 0.15) is 46.1 Å². The van der Waals surface area contributed by atoms with Gasteiger partial charge < -0.3 is 19.8 Å². The molecule has 1 saturated heterocycles. The van der Waals surface area contributed by atoms with E-state index in [-0.39, 0.29) is 17.8 Å². The SMILES string of the molecule is CC1(C)OB(c2cc(F)cc(C3(COC(N)=O)CC3)c2)OC1(C)C. The smallest absolute Gasteiger partial charge is 0.449 e. The first-order valence-corrected chi connectivity index (χ1v) is 8.14. The molecule has 0 unspecified atom stereocenters.